The van der Waals surface area contributed by atoms with E-state index in [-0.39, 0.29) is 16.3 Å². The first-order valence-electron chi connectivity index (χ1n) is 4.57. The molecule has 2 aliphatic rings. The van der Waals surface area contributed by atoms with Crippen LogP contribution in [0.15, 0.2) is 0 Å². The molecule has 0 spiro atoms. The van der Waals surface area contributed by atoms with Crippen LogP contribution in [0.5, 0.6) is 0 Å². The van der Waals surface area contributed by atoms with Crippen LogP contribution in [0, 0.1) is 5.39 Å². The van der Waals surface area contributed by atoms with Gasteiger partial charge in [-0.2, -0.15) is 10.8 Å². The molecule has 6 heteroatoms. The van der Waals surface area contributed by atoms with Crippen molar-refractivity contribution in [2.75, 3.05) is 0 Å². The minimum Gasteiger partial charge on any atom is -0.797 e. The fourth-order valence-corrected chi connectivity index (χ4v) is 3.36. The monoisotopic (exact) mass is 214 g/mol. The Hall–Kier alpha value is -0.930. The fourth-order valence-electron chi connectivity index (χ4n) is 1.94. The van der Waals surface area contributed by atoms with Crippen molar-refractivity contribution in [3.8, 4) is 0 Å². The van der Waals surface area contributed by atoms with Crippen molar-refractivity contribution in [3.63, 3.8) is 0 Å². The highest BCUT2D eigenvalue weighted by Crippen LogP contribution is 2.37. The number of fused-ring (bicyclic) bond motifs is 1. The molecular weight excluding hydrogens is 204 g/mol. The third kappa shape index (κ3) is 1.42. The third-order valence-electron chi connectivity index (χ3n) is 2.63. The van der Waals surface area contributed by atoms with Gasteiger partial charge in [-0.05, 0) is 19.3 Å². The predicted molar refractivity (Wildman–Crippen MR) is 50.6 cm³/mol. The molecule has 76 valence electrons. The Morgan fingerprint density at radius 1 is 1.50 bits per heavy atom. The van der Waals surface area contributed by atoms with Crippen LogP contribution in [0.1, 0.15) is 25.7 Å². The lowest BCUT2D eigenvalue weighted by Crippen LogP contribution is -2.40. The van der Waals surface area contributed by atoms with Crippen molar-refractivity contribution < 1.29 is 14.1 Å². The molecule has 2 rings (SSSR count). The number of rotatable bonds is 0. The summed E-state index contributed by atoms with van der Waals surface area (Å²) >= 11 is 0. The van der Waals surface area contributed by atoms with Crippen LogP contribution in [0.25, 0.3) is 4.98 Å². The summed E-state index contributed by atoms with van der Waals surface area (Å²) in [4.78, 5) is 13.6. The van der Waals surface area contributed by atoms with Gasteiger partial charge in [0.05, 0.1) is 0 Å². The number of hydrogen-bond donors (Lipinski definition) is 0. The number of diazo groups is 1. The Kier molecular flexibility index (Phi) is 2.52. The molecular formula is C8H10N2O3S. The average molecular weight is 214 g/mol. The van der Waals surface area contributed by atoms with Gasteiger partial charge in [-0.15, -0.1) is 0 Å². The highest BCUT2D eigenvalue weighted by molar-refractivity contribution is 8.12. The zero-order valence-electron chi connectivity index (χ0n) is 7.51. The molecule has 5 nitrogen and oxygen atoms in total. The lowest BCUT2D eigenvalue weighted by atomic mass is 9.97. The highest BCUT2D eigenvalue weighted by atomic mass is 32.2. The Morgan fingerprint density at radius 2 is 2.21 bits per heavy atom. The summed E-state index contributed by atoms with van der Waals surface area (Å²) in [5, 5.41) is 8.34. The molecule has 0 aromatic carbocycles. The first-order chi connectivity index (χ1) is 6.74. The van der Waals surface area contributed by atoms with Gasteiger partial charge in [0, 0.05) is 5.25 Å². The summed E-state index contributed by atoms with van der Waals surface area (Å²) < 4.78 is 16.8. The minimum absolute atomic E-state index is 0.174. The summed E-state index contributed by atoms with van der Waals surface area (Å²) in [5.41, 5.74) is 0. The van der Waals surface area contributed by atoms with Crippen LogP contribution in [0.2, 0.25) is 0 Å². The number of esters is 1. The molecule has 0 bridgehead atoms. The van der Waals surface area contributed by atoms with E-state index in [2.05, 4.69) is 4.98 Å². The summed E-state index contributed by atoms with van der Waals surface area (Å²) in [5.74, 6) is -0.742. The second kappa shape index (κ2) is 3.67. The van der Waals surface area contributed by atoms with Crippen LogP contribution in [-0.2, 0) is 9.53 Å². The average Bonchev–Trinajstić information content (AvgIpc) is 2.18. The zero-order valence-corrected chi connectivity index (χ0v) is 8.33. The number of ether oxygens (including phenoxy) is 1. The molecule has 14 heavy (non-hydrogen) atoms. The highest BCUT2D eigenvalue weighted by Gasteiger charge is 2.41. The van der Waals surface area contributed by atoms with E-state index in [1.54, 1.807) is 0 Å². The molecule has 0 aromatic heterocycles. The SMILES string of the molecule is N#[N+]C1=S([O-])[C@@H]2CCCC[C@@H]2OC1=O. The molecule has 0 aromatic rings. The van der Waals surface area contributed by atoms with Gasteiger partial charge < -0.3 is 9.29 Å². The Labute approximate surface area is 83.8 Å². The van der Waals surface area contributed by atoms with E-state index in [9.17, 15) is 9.35 Å². The second-order valence-corrected chi connectivity index (χ2v) is 5.06. The Balaban J connectivity index is 2.34. The normalized spacial score (nSPS) is 37.0. The largest absolute Gasteiger partial charge is 0.797 e. The lowest BCUT2D eigenvalue weighted by molar-refractivity contribution is -0.141. The standard InChI is InChI=1S/C8H10N2O3S/c9-10-7-8(11)13-5-3-1-2-4-6(5)14(7)12/h5-6H,1-4H2/t5-,6+,14?/m0/s1. The van der Waals surface area contributed by atoms with E-state index in [0.29, 0.717) is 0 Å². The van der Waals surface area contributed by atoms with E-state index < -0.39 is 16.7 Å². The van der Waals surface area contributed by atoms with Gasteiger partial charge in [0.1, 0.15) is 6.10 Å². The van der Waals surface area contributed by atoms with Crippen LogP contribution in [-0.4, -0.2) is 26.9 Å². The minimum atomic E-state index is -1.50. The number of hydrogen-bond acceptors (Lipinski definition) is 4. The van der Waals surface area contributed by atoms with Crippen molar-refractivity contribution in [2.45, 2.75) is 37.0 Å². The van der Waals surface area contributed by atoms with Crippen molar-refractivity contribution in [1.82, 2.24) is 0 Å². The molecule has 1 unspecified atom stereocenters. The van der Waals surface area contributed by atoms with Crippen LogP contribution in [0.4, 0.5) is 0 Å². The molecule has 0 N–H and O–H groups in total. The van der Waals surface area contributed by atoms with Crippen molar-refractivity contribution in [1.29, 1.82) is 5.39 Å². The maximum absolute atomic E-state index is 11.7. The third-order valence-corrected chi connectivity index (χ3v) is 4.35. The van der Waals surface area contributed by atoms with Crippen LogP contribution in [0.3, 0.4) is 0 Å². The molecule has 1 aliphatic heterocycles. The Bertz CT molecular complexity index is 347. The molecule has 3 atom stereocenters. The topological polar surface area (TPSA) is 77.5 Å². The number of carbonyl (C=O) groups excluding carboxylic acids is 1. The molecule has 1 aliphatic carbocycles. The smallest absolute Gasteiger partial charge is 0.480 e. The molecule has 0 saturated heterocycles. The first-order valence-corrected chi connectivity index (χ1v) is 5.79. The van der Waals surface area contributed by atoms with E-state index in [0.717, 1.165) is 25.7 Å². The predicted octanol–water partition coefficient (Wildman–Crippen LogP) is 1.24. The van der Waals surface area contributed by atoms with Gasteiger partial charge in [-0.3, -0.25) is 0 Å². The van der Waals surface area contributed by atoms with Crippen molar-refractivity contribution in [2.24, 2.45) is 0 Å². The molecule has 1 fully saturated rings. The van der Waals surface area contributed by atoms with E-state index in [1.165, 1.54) is 0 Å². The van der Waals surface area contributed by atoms with Crippen LogP contribution < -0.4 is 0 Å². The quantitative estimate of drug-likeness (QED) is 0.345. The van der Waals surface area contributed by atoms with Gasteiger partial charge in [0.2, 0.25) is 5.39 Å². The molecule has 1 heterocycles. The summed E-state index contributed by atoms with van der Waals surface area (Å²) in [6.45, 7) is 0. The van der Waals surface area contributed by atoms with Crippen LogP contribution >= 0.6 is 10.8 Å². The number of carbonyl (C=O) groups is 1. The summed E-state index contributed by atoms with van der Waals surface area (Å²) in [6, 6.07) is 0. The Morgan fingerprint density at radius 3 is 2.93 bits per heavy atom. The fraction of sp³-hybridized carbons (Fsp3) is 0.750. The van der Waals surface area contributed by atoms with Crippen molar-refractivity contribution >= 4 is 21.7 Å². The lowest BCUT2D eigenvalue weighted by Gasteiger charge is -2.36. The second-order valence-electron chi connectivity index (χ2n) is 3.47. The van der Waals surface area contributed by atoms with Gasteiger partial charge in [-0.25, -0.2) is 4.79 Å². The van der Waals surface area contributed by atoms with Gasteiger partial charge >= 0.3 is 11.0 Å². The van der Waals surface area contributed by atoms with Gasteiger partial charge in [-0.1, -0.05) is 6.42 Å². The number of nitrogens with zero attached hydrogens (tertiary/aromatic N) is 2. The van der Waals surface area contributed by atoms with E-state index >= 15 is 0 Å². The van der Waals surface area contributed by atoms with Gasteiger partial charge in [0.25, 0.3) is 0 Å². The summed E-state index contributed by atoms with van der Waals surface area (Å²) in [7, 11) is -1.50. The van der Waals surface area contributed by atoms with Crippen molar-refractivity contribution in [3.05, 3.63) is 4.98 Å². The first kappa shape index (κ1) is 9.62. The maximum Gasteiger partial charge on any atom is 0.480 e. The maximum atomic E-state index is 11.7. The van der Waals surface area contributed by atoms with Gasteiger partial charge in [0.15, 0.2) is 4.98 Å². The van der Waals surface area contributed by atoms with E-state index in [1.807, 2.05) is 0 Å². The molecule has 0 amide bonds. The summed E-state index contributed by atoms with van der Waals surface area (Å²) in [6.07, 6.45) is 3.27. The van der Waals surface area contributed by atoms with E-state index in [4.69, 9.17) is 10.1 Å². The molecule has 0 radical (unpaired) electrons. The molecule has 1 saturated carbocycles. The zero-order chi connectivity index (χ0) is 10.1.